The molecule has 0 bridgehead atoms. The quantitative estimate of drug-likeness (QED) is 0.553. The van der Waals surface area contributed by atoms with Crippen molar-refractivity contribution < 1.29 is 13.2 Å². The van der Waals surface area contributed by atoms with Gasteiger partial charge in [-0.25, -0.2) is 8.42 Å². The fraction of sp³-hybridized carbons (Fsp3) is 0.318. The predicted octanol–water partition coefficient (Wildman–Crippen LogP) is 3.69. The van der Waals surface area contributed by atoms with Crippen molar-refractivity contribution in [2.24, 2.45) is 5.92 Å². The predicted molar refractivity (Wildman–Crippen MR) is 121 cm³/mol. The van der Waals surface area contributed by atoms with E-state index in [2.05, 4.69) is 32.3 Å². The van der Waals surface area contributed by atoms with Gasteiger partial charge in [0, 0.05) is 41.2 Å². The van der Waals surface area contributed by atoms with E-state index < -0.39 is 10.0 Å². The molecule has 6 nitrogen and oxygen atoms in total. The summed E-state index contributed by atoms with van der Waals surface area (Å²) in [6.07, 6.45) is 4.08. The maximum absolute atomic E-state index is 12.9. The Hall–Kier alpha value is -2.16. The van der Waals surface area contributed by atoms with Crippen LogP contribution < -0.4 is 5.32 Å². The molecule has 1 fully saturated rings. The second kappa shape index (κ2) is 8.91. The first-order chi connectivity index (χ1) is 14.4. The molecular formula is C22H24BrN3O3S. The number of piperidine rings is 1. The summed E-state index contributed by atoms with van der Waals surface area (Å²) in [5.41, 5.74) is 2.24. The van der Waals surface area contributed by atoms with Gasteiger partial charge in [0.25, 0.3) is 0 Å². The fourth-order valence-corrected chi connectivity index (χ4v) is 5.72. The third-order valence-corrected chi connectivity index (χ3v) is 7.98. The number of benzene rings is 2. The third-order valence-electron chi connectivity index (χ3n) is 5.57. The molecule has 2 aromatic carbocycles. The zero-order valence-corrected chi connectivity index (χ0v) is 18.9. The molecule has 0 radical (unpaired) electrons. The highest BCUT2D eigenvalue weighted by Crippen LogP contribution is 2.25. The van der Waals surface area contributed by atoms with Gasteiger partial charge >= 0.3 is 0 Å². The summed E-state index contributed by atoms with van der Waals surface area (Å²) in [7, 11) is -3.60. The number of nitrogens with one attached hydrogen (secondary N) is 2. The third kappa shape index (κ3) is 4.45. The van der Waals surface area contributed by atoms with Crippen LogP contribution in [-0.4, -0.2) is 43.2 Å². The molecule has 1 unspecified atom stereocenters. The number of sulfonamides is 1. The number of H-pyrrole nitrogens is 1. The monoisotopic (exact) mass is 489 g/mol. The molecule has 1 aliphatic heterocycles. The number of para-hydroxylation sites is 1. The molecule has 30 heavy (non-hydrogen) atoms. The second-order valence-electron chi connectivity index (χ2n) is 7.56. The van der Waals surface area contributed by atoms with Gasteiger partial charge in [-0.3, -0.25) is 4.79 Å². The molecular weight excluding hydrogens is 466 g/mol. The van der Waals surface area contributed by atoms with Crippen molar-refractivity contribution in [1.29, 1.82) is 0 Å². The maximum Gasteiger partial charge on any atom is 0.243 e. The molecule has 1 atom stereocenters. The van der Waals surface area contributed by atoms with Crippen LogP contribution >= 0.6 is 15.9 Å². The molecule has 0 saturated carbocycles. The molecule has 158 valence electrons. The van der Waals surface area contributed by atoms with E-state index in [1.165, 1.54) is 4.31 Å². The Bertz CT molecular complexity index is 1140. The summed E-state index contributed by atoms with van der Waals surface area (Å²) in [4.78, 5) is 16.2. The Morgan fingerprint density at radius 2 is 1.93 bits per heavy atom. The molecule has 1 aromatic heterocycles. The Morgan fingerprint density at radius 1 is 1.17 bits per heavy atom. The first kappa shape index (κ1) is 21.1. The van der Waals surface area contributed by atoms with Crippen LogP contribution in [0.4, 0.5) is 0 Å². The first-order valence-electron chi connectivity index (χ1n) is 10.0. The minimum atomic E-state index is -3.60. The summed E-state index contributed by atoms with van der Waals surface area (Å²) >= 11 is 3.33. The highest BCUT2D eigenvalue weighted by molar-refractivity contribution is 9.10. The van der Waals surface area contributed by atoms with E-state index in [1.807, 2.05) is 24.4 Å². The number of hydrogen-bond acceptors (Lipinski definition) is 3. The minimum absolute atomic E-state index is 0.0782. The minimum Gasteiger partial charge on any atom is -0.361 e. The van der Waals surface area contributed by atoms with Crippen molar-refractivity contribution in [3.63, 3.8) is 0 Å². The fourth-order valence-electron chi connectivity index (χ4n) is 3.93. The normalized spacial score (nSPS) is 17.8. The molecule has 8 heteroatoms. The molecule has 1 aliphatic rings. The van der Waals surface area contributed by atoms with Crippen molar-refractivity contribution in [1.82, 2.24) is 14.6 Å². The number of nitrogens with zero attached hydrogens (tertiary/aromatic N) is 1. The molecule has 2 N–H and O–H groups in total. The van der Waals surface area contributed by atoms with E-state index in [-0.39, 0.29) is 23.3 Å². The number of halogens is 1. The molecule has 3 aromatic rings. The Morgan fingerprint density at radius 3 is 2.73 bits per heavy atom. The summed E-state index contributed by atoms with van der Waals surface area (Å²) < 4.78 is 28.1. The van der Waals surface area contributed by atoms with Crippen LogP contribution in [0, 0.1) is 5.92 Å². The molecule has 0 aliphatic carbocycles. The summed E-state index contributed by atoms with van der Waals surface area (Å²) in [6, 6.07) is 14.7. The Labute approximate surface area is 184 Å². The molecule has 2 heterocycles. The number of carbonyl (C=O) groups excluding carboxylic acids is 1. The maximum atomic E-state index is 12.9. The van der Waals surface area contributed by atoms with Crippen LogP contribution in [0.3, 0.4) is 0 Å². The van der Waals surface area contributed by atoms with Crippen molar-refractivity contribution >= 4 is 42.8 Å². The van der Waals surface area contributed by atoms with E-state index in [0.717, 1.165) is 27.4 Å². The van der Waals surface area contributed by atoms with Gasteiger partial charge in [-0.15, -0.1) is 0 Å². The zero-order chi connectivity index (χ0) is 21.1. The Balaban J connectivity index is 1.36. The number of amides is 1. The highest BCUT2D eigenvalue weighted by atomic mass is 79.9. The SMILES string of the molecule is O=C(NCCc1c[nH]c2ccccc12)C1CCCN(S(=O)(=O)c2ccc(Br)cc2)C1. The van der Waals surface area contributed by atoms with Gasteiger partial charge in [-0.2, -0.15) is 4.31 Å². The van der Waals surface area contributed by atoms with E-state index >= 15 is 0 Å². The van der Waals surface area contributed by atoms with Gasteiger partial charge in [0.05, 0.1) is 10.8 Å². The van der Waals surface area contributed by atoms with Gasteiger partial charge in [-0.05, 0) is 55.2 Å². The van der Waals surface area contributed by atoms with Gasteiger partial charge in [0.1, 0.15) is 0 Å². The average Bonchev–Trinajstić information content (AvgIpc) is 3.17. The van der Waals surface area contributed by atoms with Gasteiger partial charge < -0.3 is 10.3 Å². The summed E-state index contributed by atoms with van der Waals surface area (Å²) in [6.45, 7) is 1.19. The van der Waals surface area contributed by atoms with Gasteiger partial charge in [0.15, 0.2) is 0 Å². The largest absolute Gasteiger partial charge is 0.361 e. The Kier molecular flexibility index (Phi) is 6.26. The molecule has 0 spiro atoms. The zero-order valence-electron chi connectivity index (χ0n) is 16.5. The number of aromatic nitrogens is 1. The van der Waals surface area contributed by atoms with Gasteiger partial charge in [0.2, 0.25) is 15.9 Å². The average molecular weight is 490 g/mol. The van der Waals surface area contributed by atoms with E-state index in [1.54, 1.807) is 24.3 Å². The van der Waals surface area contributed by atoms with Crippen LogP contribution in [0.2, 0.25) is 0 Å². The smallest absolute Gasteiger partial charge is 0.243 e. The lowest BCUT2D eigenvalue weighted by Gasteiger charge is -2.31. The highest BCUT2D eigenvalue weighted by Gasteiger charge is 2.33. The number of fused-ring (bicyclic) bond motifs is 1. The molecule has 4 rings (SSSR count). The van der Waals surface area contributed by atoms with Crippen LogP contribution in [0.15, 0.2) is 64.1 Å². The van der Waals surface area contributed by atoms with E-state index in [9.17, 15) is 13.2 Å². The van der Waals surface area contributed by atoms with Crippen molar-refractivity contribution in [3.05, 3.63) is 64.8 Å². The number of carbonyl (C=O) groups is 1. The van der Waals surface area contributed by atoms with E-state index in [4.69, 9.17) is 0 Å². The van der Waals surface area contributed by atoms with Crippen LogP contribution in [0.1, 0.15) is 18.4 Å². The van der Waals surface area contributed by atoms with Crippen molar-refractivity contribution in [2.75, 3.05) is 19.6 Å². The molecule has 1 saturated heterocycles. The van der Waals surface area contributed by atoms with Crippen molar-refractivity contribution in [2.45, 2.75) is 24.2 Å². The lowest BCUT2D eigenvalue weighted by atomic mass is 9.99. The topological polar surface area (TPSA) is 82.3 Å². The second-order valence-corrected chi connectivity index (χ2v) is 10.4. The standard InChI is InChI=1S/C22H24BrN3O3S/c23-18-7-9-19(10-8-18)30(28,29)26-13-3-4-17(15-26)22(27)24-12-11-16-14-25-21-6-2-1-5-20(16)21/h1-2,5-10,14,17,25H,3-4,11-13,15H2,(H,24,27). The van der Waals surface area contributed by atoms with Gasteiger partial charge in [-0.1, -0.05) is 34.1 Å². The van der Waals surface area contributed by atoms with Crippen molar-refractivity contribution in [3.8, 4) is 0 Å². The van der Waals surface area contributed by atoms with Crippen LogP contribution in [-0.2, 0) is 21.2 Å². The van der Waals surface area contributed by atoms with Crippen LogP contribution in [0.5, 0.6) is 0 Å². The summed E-state index contributed by atoms with van der Waals surface area (Å²) in [5.74, 6) is -0.405. The number of aromatic amines is 1. The molecule has 1 amide bonds. The lowest BCUT2D eigenvalue weighted by Crippen LogP contribution is -2.45. The summed E-state index contributed by atoms with van der Waals surface area (Å²) in [5, 5.41) is 4.16. The first-order valence-corrected chi connectivity index (χ1v) is 12.3. The van der Waals surface area contributed by atoms with Crippen LogP contribution in [0.25, 0.3) is 10.9 Å². The number of hydrogen-bond donors (Lipinski definition) is 2. The van der Waals surface area contributed by atoms with E-state index in [0.29, 0.717) is 25.9 Å². The lowest BCUT2D eigenvalue weighted by molar-refractivity contribution is -0.126. The number of rotatable bonds is 6.